The lowest BCUT2D eigenvalue weighted by atomic mass is 10.0. The molecule has 1 saturated heterocycles. The molecule has 1 aromatic rings. The van der Waals surface area contributed by atoms with Gasteiger partial charge in [0.15, 0.2) is 18.1 Å². The third kappa shape index (κ3) is 12.6. The van der Waals surface area contributed by atoms with Crippen molar-refractivity contribution in [2.75, 3.05) is 46.5 Å². The highest BCUT2D eigenvalue weighted by atomic mass is 16.5. The third-order valence-electron chi connectivity index (χ3n) is 8.25. The summed E-state index contributed by atoms with van der Waals surface area (Å²) >= 11 is 0. The third-order valence-corrected chi connectivity index (χ3v) is 8.25. The Morgan fingerprint density at radius 1 is 0.958 bits per heavy atom. The van der Waals surface area contributed by atoms with Crippen LogP contribution < -0.4 is 30.7 Å². The molecule has 0 spiro atoms. The molecule has 3 aliphatic heterocycles. The van der Waals surface area contributed by atoms with Gasteiger partial charge in [-0.3, -0.25) is 24.0 Å². The molecule has 0 aliphatic carbocycles. The molecule has 268 valence electrons. The topological polar surface area (TPSA) is 185 Å². The Balaban J connectivity index is 1.76. The van der Waals surface area contributed by atoms with E-state index in [1.807, 2.05) is 13.8 Å². The van der Waals surface area contributed by atoms with Gasteiger partial charge in [-0.1, -0.05) is 19.9 Å². The number of rotatable bonds is 5. The number of nitrogens with zero attached hydrogens (tertiary/aromatic N) is 1. The average Bonchev–Trinajstić information content (AvgIpc) is 3.60. The Kier molecular flexibility index (Phi) is 15.9. The minimum Gasteiger partial charge on any atom is -0.493 e. The Morgan fingerprint density at radius 3 is 2.40 bits per heavy atom. The fourth-order valence-electron chi connectivity index (χ4n) is 5.62. The molecule has 0 saturated carbocycles. The van der Waals surface area contributed by atoms with Crippen LogP contribution >= 0.6 is 0 Å². The van der Waals surface area contributed by atoms with Crippen LogP contribution in [0.5, 0.6) is 11.5 Å². The average molecular weight is 676 g/mol. The molecule has 4 atom stereocenters. The molecule has 5 amide bonds. The van der Waals surface area contributed by atoms with Gasteiger partial charge in [0.2, 0.25) is 17.7 Å². The van der Waals surface area contributed by atoms with E-state index in [4.69, 9.17) is 14.2 Å². The zero-order valence-corrected chi connectivity index (χ0v) is 28.7. The van der Waals surface area contributed by atoms with Gasteiger partial charge in [-0.2, -0.15) is 0 Å². The number of aliphatic hydroxyl groups is 1. The molecular formula is C34H53N5O9. The standard InChI is InChI=1S/C34H53N5O9/c1-22(2)19-25-32(43)38-31(23(3)40)33(44)36-14-5-6-16-39(34(45)27-9-7-18-47-27)17-8-15-35-30(42)21-48-26-12-10-24(20-28(26)46-4)11-13-29(41)37-25/h10,12,20,22-23,25,27,31,40H,5-9,11,13-19,21H2,1-4H3,(H,35,42)(H,36,44)(H,37,41)(H,38,43)/t23-,25-,27-,31+/m1/s1. The zero-order valence-electron chi connectivity index (χ0n) is 28.7. The highest BCUT2D eigenvalue weighted by Gasteiger charge is 2.31. The van der Waals surface area contributed by atoms with Gasteiger partial charge in [0, 0.05) is 39.2 Å². The van der Waals surface area contributed by atoms with Gasteiger partial charge in [0.05, 0.1) is 13.2 Å². The minimum atomic E-state index is -1.22. The number of fused-ring (bicyclic) bond motifs is 23. The van der Waals surface area contributed by atoms with Gasteiger partial charge < -0.3 is 45.5 Å². The number of amides is 5. The summed E-state index contributed by atoms with van der Waals surface area (Å²) in [7, 11) is 1.48. The summed E-state index contributed by atoms with van der Waals surface area (Å²) in [6.45, 7) is 7.06. The molecule has 48 heavy (non-hydrogen) atoms. The summed E-state index contributed by atoms with van der Waals surface area (Å²) in [5, 5.41) is 21.4. The van der Waals surface area contributed by atoms with Crippen LogP contribution in [0, 0.1) is 5.92 Å². The first-order valence-corrected chi connectivity index (χ1v) is 17.0. The van der Waals surface area contributed by atoms with E-state index in [1.165, 1.54) is 14.0 Å². The first-order chi connectivity index (χ1) is 23.0. The molecule has 4 rings (SSSR count). The van der Waals surface area contributed by atoms with Crippen molar-refractivity contribution in [3.05, 3.63) is 23.8 Å². The first kappa shape index (κ1) is 38.5. The predicted octanol–water partition coefficient (Wildman–Crippen LogP) is 0.827. The second-order valence-corrected chi connectivity index (χ2v) is 12.8. The number of aliphatic hydroxyl groups excluding tert-OH is 1. The minimum absolute atomic E-state index is 0.0609. The number of aryl methyl sites for hydroxylation is 1. The van der Waals surface area contributed by atoms with E-state index in [0.717, 1.165) is 12.0 Å². The second-order valence-electron chi connectivity index (χ2n) is 12.8. The highest BCUT2D eigenvalue weighted by Crippen LogP contribution is 2.28. The van der Waals surface area contributed by atoms with Crippen LogP contribution in [0.25, 0.3) is 0 Å². The summed E-state index contributed by atoms with van der Waals surface area (Å²) in [5.74, 6) is -1.01. The predicted molar refractivity (Wildman–Crippen MR) is 177 cm³/mol. The monoisotopic (exact) mass is 675 g/mol. The number of hydrogen-bond acceptors (Lipinski definition) is 9. The number of carbonyl (C=O) groups excluding carboxylic acids is 5. The van der Waals surface area contributed by atoms with E-state index < -0.39 is 36.1 Å². The summed E-state index contributed by atoms with van der Waals surface area (Å²) in [5.41, 5.74) is 0.790. The van der Waals surface area contributed by atoms with Crippen molar-refractivity contribution in [1.82, 2.24) is 26.2 Å². The smallest absolute Gasteiger partial charge is 0.257 e. The molecule has 5 N–H and O–H groups in total. The number of carbonyl (C=O) groups is 5. The molecule has 3 heterocycles. The van der Waals surface area contributed by atoms with Gasteiger partial charge in [-0.05, 0) is 75.5 Å². The summed E-state index contributed by atoms with van der Waals surface area (Å²) in [6.07, 6.45) is 2.27. The van der Waals surface area contributed by atoms with E-state index >= 15 is 0 Å². The van der Waals surface area contributed by atoms with Gasteiger partial charge in [0.25, 0.3) is 11.8 Å². The Bertz CT molecular complexity index is 1240. The molecule has 0 radical (unpaired) electrons. The summed E-state index contributed by atoms with van der Waals surface area (Å²) in [4.78, 5) is 66.7. The molecule has 3 aliphatic rings. The van der Waals surface area contributed by atoms with Crippen LogP contribution in [0.1, 0.15) is 71.3 Å². The van der Waals surface area contributed by atoms with Crippen molar-refractivity contribution < 1.29 is 43.3 Å². The van der Waals surface area contributed by atoms with E-state index in [0.29, 0.717) is 76.3 Å². The fourth-order valence-corrected chi connectivity index (χ4v) is 5.62. The molecule has 1 fully saturated rings. The van der Waals surface area contributed by atoms with Crippen molar-refractivity contribution in [1.29, 1.82) is 0 Å². The van der Waals surface area contributed by atoms with Gasteiger partial charge in [-0.15, -0.1) is 0 Å². The molecule has 14 heteroatoms. The summed E-state index contributed by atoms with van der Waals surface area (Å²) < 4.78 is 16.8. The second kappa shape index (κ2) is 19.8. The van der Waals surface area contributed by atoms with Gasteiger partial charge >= 0.3 is 0 Å². The maximum Gasteiger partial charge on any atom is 0.257 e. The molecule has 0 unspecified atom stereocenters. The Morgan fingerprint density at radius 2 is 1.71 bits per heavy atom. The fraction of sp³-hybridized carbons (Fsp3) is 0.676. The van der Waals surface area contributed by atoms with Gasteiger partial charge in [-0.25, -0.2) is 0 Å². The normalized spacial score (nSPS) is 23.8. The molecule has 2 bridgehead atoms. The van der Waals surface area contributed by atoms with Crippen LogP contribution in [0.3, 0.4) is 0 Å². The molecule has 1 aromatic carbocycles. The Labute approximate surface area is 283 Å². The number of nitrogens with one attached hydrogen (secondary N) is 4. The van der Waals surface area contributed by atoms with Crippen molar-refractivity contribution >= 4 is 29.5 Å². The first-order valence-electron chi connectivity index (χ1n) is 17.0. The highest BCUT2D eigenvalue weighted by molar-refractivity contribution is 5.92. The lowest BCUT2D eigenvalue weighted by Gasteiger charge is -2.26. The van der Waals surface area contributed by atoms with E-state index in [2.05, 4.69) is 21.3 Å². The van der Waals surface area contributed by atoms with Crippen LogP contribution in [0.15, 0.2) is 18.2 Å². The Hall–Kier alpha value is -3.91. The van der Waals surface area contributed by atoms with Crippen molar-refractivity contribution in [2.24, 2.45) is 5.92 Å². The van der Waals surface area contributed by atoms with Crippen molar-refractivity contribution in [3.8, 4) is 11.5 Å². The van der Waals surface area contributed by atoms with Crippen LogP contribution in [-0.2, 0) is 35.1 Å². The number of benzene rings is 1. The quantitative estimate of drug-likeness (QED) is 0.282. The number of methoxy groups -OCH3 is 1. The van der Waals surface area contributed by atoms with Crippen LogP contribution in [0.2, 0.25) is 0 Å². The van der Waals surface area contributed by atoms with Crippen molar-refractivity contribution in [2.45, 2.75) is 96.4 Å². The lowest BCUT2D eigenvalue weighted by molar-refractivity contribution is -0.141. The van der Waals surface area contributed by atoms with E-state index in [1.54, 1.807) is 23.1 Å². The summed E-state index contributed by atoms with van der Waals surface area (Å²) in [6, 6.07) is 3.05. The lowest BCUT2D eigenvalue weighted by Crippen LogP contribution is -2.57. The molecule has 0 aromatic heterocycles. The van der Waals surface area contributed by atoms with E-state index in [9.17, 15) is 29.1 Å². The molecular weight excluding hydrogens is 622 g/mol. The van der Waals surface area contributed by atoms with E-state index in [-0.39, 0.29) is 43.2 Å². The maximum absolute atomic E-state index is 13.3. The SMILES string of the molecule is COc1cc2ccc1OCC(=O)NCCCN(C(=O)[C@H]1CCCO1)CCCCNC(=O)[C@H]([C@@H](C)O)NC(=O)[C@@H](CC(C)C)NC(=O)CC2. The zero-order chi connectivity index (χ0) is 35.1. The van der Waals surface area contributed by atoms with Crippen molar-refractivity contribution in [3.63, 3.8) is 0 Å². The number of ether oxygens (including phenoxy) is 3. The largest absolute Gasteiger partial charge is 0.493 e. The van der Waals surface area contributed by atoms with Crippen LogP contribution in [-0.4, -0.2) is 110 Å². The van der Waals surface area contributed by atoms with Gasteiger partial charge in [0.1, 0.15) is 18.2 Å². The maximum atomic E-state index is 13.3. The number of hydrogen-bond donors (Lipinski definition) is 5. The van der Waals surface area contributed by atoms with Crippen LogP contribution in [0.4, 0.5) is 0 Å². The molecule has 14 nitrogen and oxygen atoms in total.